The minimum Gasteiger partial charge on any atom is -0.466 e. The van der Waals surface area contributed by atoms with Crippen molar-refractivity contribution < 1.29 is 23.9 Å². The highest BCUT2D eigenvalue weighted by atomic mass is 16.8. The fourth-order valence-corrected chi connectivity index (χ4v) is 2.05. The van der Waals surface area contributed by atoms with Crippen LogP contribution < -0.4 is 4.90 Å². The van der Waals surface area contributed by atoms with Crippen molar-refractivity contribution >= 4 is 11.7 Å². The third kappa shape index (κ3) is 2.31. The lowest BCUT2D eigenvalue weighted by Crippen LogP contribution is -2.32. The molecule has 0 saturated heterocycles. The van der Waals surface area contributed by atoms with Gasteiger partial charge in [-0.3, -0.25) is 4.63 Å². The fourth-order valence-electron chi connectivity index (χ4n) is 2.05. The van der Waals surface area contributed by atoms with E-state index in [1.165, 1.54) is 7.11 Å². The molecule has 8 heteroatoms. The predicted octanol–water partition coefficient (Wildman–Crippen LogP) is 0.641. The van der Waals surface area contributed by atoms with Crippen LogP contribution in [0.3, 0.4) is 0 Å². The predicted molar refractivity (Wildman–Crippen MR) is 68.9 cm³/mol. The zero-order valence-electron chi connectivity index (χ0n) is 11.1. The Bertz CT molecular complexity index is 695. The average molecular weight is 289 g/mol. The quantitative estimate of drug-likeness (QED) is 0.607. The number of methoxy groups -OCH3 is 1. The van der Waals surface area contributed by atoms with Gasteiger partial charge in [0.1, 0.15) is 5.71 Å². The van der Waals surface area contributed by atoms with Crippen molar-refractivity contribution in [2.75, 3.05) is 7.11 Å². The maximum atomic E-state index is 11.8. The monoisotopic (exact) mass is 289 g/mol. The highest BCUT2D eigenvalue weighted by Crippen LogP contribution is 2.24. The molecular weight excluding hydrogens is 278 g/mol. The third-order valence-electron chi connectivity index (χ3n) is 3.07. The van der Waals surface area contributed by atoms with Crippen LogP contribution in [0.4, 0.5) is 0 Å². The first-order valence-electron chi connectivity index (χ1n) is 6.16. The summed E-state index contributed by atoms with van der Waals surface area (Å²) < 4.78 is 9.23. The number of rotatable bonds is 3. The molecule has 1 aliphatic rings. The topological polar surface area (TPSA) is 101 Å². The van der Waals surface area contributed by atoms with Crippen LogP contribution in [0.1, 0.15) is 12.1 Å². The summed E-state index contributed by atoms with van der Waals surface area (Å²) in [6, 6.07) is 9.04. The smallest absolute Gasteiger partial charge is 0.350 e. The second-order valence-electron chi connectivity index (χ2n) is 4.35. The molecule has 0 bridgehead atoms. The molecule has 21 heavy (non-hydrogen) atoms. The highest BCUT2D eigenvalue weighted by molar-refractivity contribution is 6.04. The number of aromatic nitrogens is 2. The molecule has 1 aromatic carbocycles. The second-order valence-corrected chi connectivity index (χ2v) is 4.35. The molecule has 0 fully saturated rings. The third-order valence-corrected chi connectivity index (χ3v) is 3.07. The first kappa shape index (κ1) is 13.1. The Kier molecular flexibility index (Phi) is 3.27. The molecule has 0 radical (unpaired) electrons. The van der Waals surface area contributed by atoms with Crippen molar-refractivity contribution in [3.8, 4) is 11.3 Å². The lowest BCUT2D eigenvalue weighted by atomic mass is 10.0. The first-order valence-corrected chi connectivity index (χ1v) is 6.16. The Hall–Kier alpha value is -2.90. The molecule has 1 atom stereocenters. The summed E-state index contributed by atoms with van der Waals surface area (Å²) in [4.78, 5) is 16.7. The van der Waals surface area contributed by atoms with Crippen molar-refractivity contribution in [3.63, 3.8) is 0 Å². The molecule has 0 saturated carbocycles. The number of carbonyl (C=O) groups excluding carboxylic acids is 1. The summed E-state index contributed by atoms with van der Waals surface area (Å²) in [6.45, 7) is 0. The zero-order chi connectivity index (χ0) is 14.8. The van der Waals surface area contributed by atoms with E-state index in [0.717, 1.165) is 0 Å². The van der Waals surface area contributed by atoms with E-state index in [0.29, 0.717) is 17.0 Å². The van der Waals surface area contributed by atoms with Crippen LogP contribution >= 0.6 is 0 Å². The van der Waals surface area contributed by atoms with Crippen LogP contribution in [0.5, 0.6) is 0 Å². The van der Waals surface area contributed by atoms with Gasteiger partial charge in [-0.2, -0.15) is 0 Å². The van der Waals surface area contributed by atoms with E-state index in [-0.39, 0.29) is 17.0 Å². The van der Waals surface area contributed by atoms with Crippen molar-refractivity contribution in [2.45, 2.75) is 12.5 Å². The van der Waals surface area contributed by atoms with Gasteiger partial charge >= 0.3 is 5.97 Å². The van der Waals surface area contributed by atoms with Crippen LogP contribution in [0.15, 0.2) is 40.1 Å². The maximum Gasteiger partial charge on any atom is 0.350 e. The number of nitrogens with zero attached hydrogens (tertiary/aromatic N) is 3. The van der Waals surface area contributed by atoms with Gasteiger partial charge in [0.05, 0.1) is 7.11 Å². The summed E-state index contributed by atoms with van der Waals surface area (Å²) in [6.07, 6.45) is -0.737. The van der Waals surface area contributed by atoms with Crippen molar-refractivity contribution in [3.05, 3.63) is 41.2 Å². The van der Waals surface area contributed by atoms with Gasteiger partial charge in [-0.1, -0.05) is 35.5 Å². The number of carbonyl (C=O) groups is 1. The summed E-state index contributed by atoms with van der Waals surface area (Å²) in [5.74, 6) is -0.552. The zero-order valence-corrected chi connectivity index (χ0v) is 11.1. The van der Waals surface area contributed by atoms with E-state index >= 15 is 0 Å². The maximum absolute atomic E-state index is 11.8. The molecule has 108 valence electrons. The molecule has 8 nitrogen and oxygen atoms in total. The molecule has 0 aliphatic carbocycles. The van der Waals surface area contributed by atoms with E-state index in [4.69, 9.17) is 4.84 Å². The fraction of sp³-hybridized carbons (Fsp3) is 0.231. The molecule has 0 amide bonds. The lowest BCUT2D eigenvalue weighted by Gasteiger charge is -2.03. The lowest BCUT2D eigenvalue weighted by molar-refractivity contribution is -0.803. The average Bonchev–Trinajstić information content (AvgIpc) is 3.13. The Morgan fingerprint density at radius 2 is 2.19 bits per heavy atom. The van der Waals surface area contributed by atoms with Crippen LogP contribution in [0.25, 0.3) is 11.3 Å². The molecule has 2 aromatic rings. The molecule has 1 unspecified atom stereocenters. The molecular formula is C13H11N3O5. The van der Waals surface area contributed by atoms with Crippen LogP contribution in [0.2, 0.25) is 0 Å². The van der Waals surface area contributed by atoms with Gasteiger partial charge in [0.25, 0.3) is 11.4 Å². The molecule has 1 aromatic heterocycles. The van der Waals surface area contributed by atoms with Gasteiger partial charge in [0, 0.05) is 17.1 Å². The summed E-state index contributed by atoms with van der Waals surface area (Å²) >= 11 is 0. The standard InChI is InChI=1S/C13H11N3O5/c1-19-13(17)10-7-9(14-20-10)12-11(15-21-16(12)18)8-5-3-2-4-6-8/h2-6,10H,7H2,1H3. The van der Waals surface area contributed by atoms with E-state index in [1.54, 1.807) is 12.1 Å². The van der Waals surface area contributed by atoms with Gasteiger partial charge in [0.15, 0.2) is 0 Å². The number of benzene rings is 1. The number of hydrogen-bond acceptors (Lipinski definition) is 7. The molecule has 2 heterocycles. The second kappa shape index (κ2) is 5.23. The first-order chi connectivity index (χ1) is 10.2. The van der Waals surface area contributed by atoms with Gasteiger partial charge in [0.2, 0.25) is 6.10 Å². The van der Waals surface area contributed by atoms with Crippen LogP contribution in [-0.2, 0) is 14.4 Å². The minimum atomic E-state index is -0.858. The van der Waals surface area contributed by atoms with Crippen molar-refractivity contribution in [1.82, 2.24) is 5.16 Å². The Morgan fingerprint density at radius 1 is 1.43 bits per heavy atom. The summed E-state index contributed by atoms with van der Waals surface area (Å²) in [5, 5.41) is 19.3. The van der Waals surface area contributed by atoms with E-state index in [1.807, 2.05) is 18.2 Å². The minimum absolute atomic E-state index is 0.121. The Balaban J connectivity index is 1.94. The van der Waals surface area contributed by atoms with E-state index in [9.17, 15) is 10.0 Å². The summed E-state index contributed by atoms with van der Waals surface area (Å²) in [7, 11) is 1.26. The Morgan fingerprint density at radius 3 is 2.90 bits per heavy atom. The van der Waals surface area contributed by atoms with Crippen molar-refractivity contribution in [1.29, 1.82) is 0 Å². The normalized spacial score (nSPS) is 17.2. The van der Waals surface area contributed by atoms with E-state index < -0.39 is 12.1 Å². The number of esters is 1. The number of oxime groups is 1. The summed E-state index contributed by atoms with van der Waals surface area (Å²) in [5.41, 5.74) is 1.47. The largest absolute Gasteiger partial charge is 0.466 e. The van der Waals surface area contributed by atoms with Crippen molar-refractivity contribution in [2.24, 2.45) is 5.16 Å². The number of ether oxygens (including phenoxy) is 1. The molecule has 1 aliphatic heterocycles. The van der Waals surface area contributed by atoms with Crippen LogP contribution in [0, 0.1) is 5.21 Å². The highest BCUT2D eigenvalue weighted by Gasteiger charge is 2.36. The molecule has 0 spiro atoms. The van der Waals surface area contributed by atoms with E-state index in [2.05, 4.69) is 19.7 Å². The molecule has 0 N–H and O–H groups in total. The van der Waals surface area contributed by atoms with Gasteiger partial charge in [-0.05, 0) is 4.90 Å². The van der Waals surface area contributed by atoms with Gasteiger partial charge in [-0.25, -0.2) is 4.79 Å². The SMILES string of the molecule is COC(=O)C1CC(c2c(-c3ccccc3)no[n+]2[O-])=NO1. The van der Waals surface area contributed by atoms with Crippen LogP contribution in [-0.4, -0.2) is 30.1 Å². The van der Waals surface area contributed by atoms with Gasteiger partial charge in [-0.15, -0.1) is 0 Å². The van der Waals surface area contributed by atoms with Gasteiger partial charge < -0.3 is 14.8 Å². The Labute approximate surface area is 119 Å². The molecule has 3 rings (SSSR count). The number of hydrogen-bond donors (Lipinski definition) is 0.